The highest BCUT2D eigenvalue weighted by molar-refractivity contribution is 7.88. The highest BCUT2D eigenvalue weighted by Gasteiger charge is 2.49. The number of phenols is 1. The average molecular weight is 480 g/mol. The van der Waals surface area contributed by atoms with Crippen LogP contribution in [-0.4, -0.2) is 37.9 Å². The number of aromatic hydroxyl groups is 1. The third-order valence-corrected chi connectivity index (χ3v) is 5.42. The van der Waals surface area contributed by atoms with Gasteiger partial charge in [0.15, 0.2) is 11.5 Å². The first kappa shape index (κ1) is 23.8. The summed E-state index contributed by atoms with van der Waals surface area (Å²) in [6, 6.07) is 14.3. The number of ketones is 1. The van der Waals surface area contributed by atoms with Gasteiger partial charge < -0.3 is 14.0 Å². The Morgan fingerprint density at radius 1 is 0.909 bits per heavy atom. The van der Waals surface area contributed by atoms with Crippen LogP contribution in [0.3, 0.4) is 0 Å². The molecule has 0 aliphatic heterocycles. The Balaban J connectivity index is 2.08. The molecule has 0 aliphatic rings. The molecule has 3 rings (SSSR count). The second-order valence-electron chi connectivity index (χ2n) is 6.61. The number of alkyl halides is 3. The summed E-state index contributed by atoms with van der Waals surface area (Å²) in [6.45, 7) is 0. The number of benzene rings is 3. The number of para-hydroxylation sites is 1. The molecule has 1 N–H and O–H groups in total. The summed E-state index contributed by atoms with van der Waals surface area (Å²) in [5, 5.41) is 9.72. The zero-order chi connectivity index (χ0) is 24.4. The lowest BCUT2D eigenvalue weighted by Gasteiger charge is -2.14. The second kappa shape index (κ2) is 8.94. The van der Waals surface area contributed by atoms with Gasteiger partial charge in [-0.1, -0.05) is 36.4 Å². The molecule has 33 heavy (non-hydrogen) atoms. The minimum atomic E-state index is -6.01. The Labute approximate surface area is 186 Å². The molecule has 0 unspecified atom stereocenters. The molecule has 0 atom stereocenters. The lowest BCUT2D eigenvalue weighted by molar-refractivity contribution is -0.0500. The van der Waals surface area contributed by atoms with Crippen LogP contribution in [0.15, 0.2) is 66.7 Å². The lowest BCUT2D eigenvalue weighted by atomic mass is 9.94. The molecule has 11 heteroatoms. The Kier molecular flexibility index (Phi) is 6.45. The van der Waals surface area contributed by atoms with Gasteiger partial charge in [-0.15, -0.1) is 0 Å². The van der Waals surface area contributed by atoms with E-state index in [1.54, 1.807) is 12.1 Å². The third kappa shape index (κ3) is 4.98. The summed E-state index contributed by atoms with van der Waals surface area (Å²) in [7, 11) is -4.89. The van der Waals surface area contributed by atoms with Crippen LogP contribution in [0.5, 0.6) is 11.5 Å². The number of halogens is 3. The van der Waals surface area contributed by atoms with Crippen molar-refractivity contribution >= 4 is 21.9 Å². The molecule has 0 radical (unpaired) electrons. The van der Waals surface area contributed by atoms with E-state index in [-0.39, 0.29) is 16.9 Å². The lowest BCUT2D eigenvalue weighted by Crippen LogP contribution is -2.28. The maximum atomic E-state index is 13.0. The molecule has 0 aliphatic carbocycles. The molecule has 0 heterocycles. The van der Waals surface area contributed by atoms with Crippen molar-refractivity contribution in [2.24, 2.45) is 0 Å². The number of carbonyl (C=O) groups excluding carboxylic acids is 2. The molecule has 7 nitrogen and oxygen atoms in total. The van der Waals surface area contributed by atoms with E-state index in [0.717, 1.165) is 25.3 Å². The fraction of sp³-hybridized carbons (Fsp3) is 0.0909. The zero-order valence-electron chi connectivity index (χ0n) is 16.8. The van der Waals surface area contributed by atoms with Crippen molar-refractivity contribution in [3.63, 3.8) is 0 Å². The number of esters is 1. The fourth-order valence-corrected chi connectivity index (χ4v) is 3.41. The van der Waals surface area contributed by atoms with Crippen molar-refractivity contribution in [1.82, 2.24) is 0 Å². The smallest absolute Gasteiger partial charge is 0.508 e. The minimum Gasteiger partial charge on any atom is -0.508 e. The summed E-state index contributed by atoms with van der Waals surface area (Å²) in [5.74, 6) is -2.60. The Bertz CT molecular complexity index is 1330. The molecule has 0 saturated heterocycles. The molecule has 0 aromatic heterocycles. The largest absolute Gasteiger partial charge is 0.534 e. The maximum absolute atomic E-state index is 13.0. The van der Waals surface area contributed by atoms with Crippen LogP contribution in [0.25, 0.3) is 11.1 Å². The summed E-state index contributed by atoms with van der Waals surface area (Å²) in [5.41, 5.74) is -5.60. The van der Waals surface area contributed by atoms with E-state index < -0.39 is 38.7 Å². The number of hydrogen-bond acceptors (Lipinski definition) is 7. The average Bonchev–Trinajstić information content (AvgIpc) is 2.77. The summed E-state index contributed by atoms with van der Waals surface area (Å²) in [4.78, 5) is 25.4. The number of hydrogen-bond donors (Lipinski definition) is 1. The molecule has 0 fully saturated rings. The SMILES string of the molecule is COC(=O)c1cc(C(=O)c2ccccc2OS(=O)(=O)C(F)(F)F)ccc1-c1cccc(O)c1. The van der Waals surface area contributed by atoms with Gasteiger partial charge in [0.25, 0.3) is 0 Å². The van der Waals surface area contributed by atoms with Crippen molar-refractivity contribution in [2.45, 2.75) is 5.51 Å². The molecule has 3 aromatic carbocycles. The molecule has 0 bridgehead atoms. The zero-order valence-corrected chi connectivity index (χ0v) is 17.6. The van der Waals surface area contributed by atoms with Crippen LogP contribution in [0.2, 0.25) is 0 Å². The quantitative estimate of drug-likeness (QED) is 0.243. The molecular weight excluding hydrogens is 465 g/mol. The van der Waals surface area contributed by atoms with Crippen molar-refractivity contribution in [3.8, 4) is 22.6 Å². The highest BCUT2D eigenvalue weighted by Crippen LogP contribution is 2.32. The number of methoxy groups -OCH3 is 1. The summed E-state index contributed by atoms with van der Waals surface area (Å²) >= 11 is 0. The van der Waals surface area contributed by atoms with Gasteiger partial charge in [-0.3, -0.25) is 4.79 Å². The fourth-order valence-electron chi connectivity index (χ4n) is 2.94. The van der Waals surface area contributed by atoms with Gasteiger partial charge >= 0.3 is 21.6 Å². The van der Waals surface area contributed by atoms with Gasteiger partial charge in [0.2, 0.25) is 0 Å². The topological polar surface area (TPSA) is 107 Å². The number of carbonyl (C=O) groups is 2. The normalized spacial score (nSPS) is 11.6. The molecule has 0 saturated carbocycles. The summed E-state index contributed by atoms with van der Waals surface area (Å²) in [6.07, 6.45) is 0. The van der Waals surface area contributed by atoms with E-state index in [9.17, 15) is 36.3 Å². The third-order valence-electron chi connectivity index (χ3n) is 4.46. The Hall–Kier alpha value is -3.86. The molecule has 0 amide bonds. The standard InChI is InChI=1S/C22H15F3O7S/c1-31-21(28)18-12-14(9-10-16(18)13-5-4-6-15(26)11-13)20(27)17-7-2-3-8-19(17)32-33(29,30)22(23,24)25/h2-12,26H,1H3. The number of ether oxygens (including phenoxy) is 1. The molecule has 3 aromatic rings. The van der Waals surface area contributed by atoms with Crippen molar-refractivity contribution in [1.29, 1.82) is 0 Å². The van der Waals surface area contributed by atoms with E-state index in [4.69, 9.17) is 4.74 Å². The first-order chi connectivity index (χ1) is 15.4. The molecule has 0 spiro atoms. The van der Waals surface area contributed by atoms with E-state index >= 15 is 0 Å². The number of rotatable bonds is 6. The van der Waals surface area contributed by atoms with E-state index in [2.05, 4.69) is 4.18 Å². The first-order valence-corrected chi connectivity index (χ1v) is 10.5. The first-order valence-electron chi connectivity index (χ1n) is 9.11. The predicted molar refractivity (Wildman–Crippen MR) is 110 cm³/mol. The van der Waals surface area contributed by atoms with Crippen LogP contribution < -0.4 is 4.18 Å². The predicted octanol–water partition coefficient (Wildman–Crippen LogP) is 4.31. The Morgan fingerprint density at radius 3 is 2.24 bits per heavy atom. The monoisotopic (exact) mass is 480 g/mol. The van der Waals surface area contributed by atoms with Crippen LogP contribution >= 0.6 is 0 Å². The van der Waals surface area contributed by atoms with Crippen LogP contribution in [0, 0.1) is 0 Å². The summed E-state index contributed by atoms with van der Waals surface area (Å²) < 4.78 is 69.9. The number of phenolic OH excluding ortho intramolecular Hbond substituents is 1. The van der Waals surface area contributed by atoms with Gasteiger partial charge in [0.05, 0.1) is 18.2 Å². The van der Waals surface area contributed by atoms with Crippen molar-refractivity contribution in [2.75, 3.05) is 7.11 Å². The van der Waals surface area contributed by atoms with Crippen molar-refractivity contribution in [3.05, 3.63) is 83.4 Å². The van der Waals surface area contributed by atoms with Gasteiger partial charge in [-0.25, -0.2) is 4.79 Å². The Morgan fingerprint density at radius 2 is 1.61 bits per heavy atom. The van der Waals surface area contributed by atoms with Gasteiger partial charge in [-0.05, 0) is 41.5 Å². The molecular formula is C22H15F3O7S. The van der Waals surface area contributed by atoms with Gasteiger partial charge in [-0.2, -0.15) is 21.6 Å². The maximum Gasteiger partial charge on any atom is 0.534 e. The molecule has 172 valence electrons. The van der Waals surface area contributed by atoms with E-state index in [1.165, 1.54) is 36.4 Å². The van der Waals surface area contributed by atoms with Crippen LogP contribution in [-0.2, 0) is 14.9 Å². The van der Waals surface area contributed by atoms with Gasteiger partial charge in [0.1, 0.15) is 5.75 Å². The minimum absolute atomic E-state index is 0.0599. The highest BCUT2D eigenvalue weighted by atomic mass is 32.2. The van der Waals surface area contributed by atoms with Crippen LogP contribution in [0.4, 0.5) is 13.2 Å². The van der Waals surface area contributed by atoms with E-state index in [1.807, 2.05) is 0 Å². The van der Waals surface area contributed by atoms with Crippen LogP contribution in [0.1, 0.15) is 26.3 Å². The van der Waals surface area contributed by atoms with Crippen molar-refractivity contribution < 1.29 is 45.2 Å². The second-order valence-corrected chi connectivity index (χ2v) is 8.15. The van der Waals surface area contributed by atoms with E-state index in [0.29, 0.717) is 11.1 Å². The van der Waals surface area contributed by atoms with Gasteiger partial charge in [0, 0.05) is 5.56 Å².